The Bertz CT molecular complexity index is 613. The predicted molar refractivity (Wildman–Crippen MR) is 92.4 cm³/mol. The van der Waals surface area contributed by atoms with Crippen LogP contribution in [0.3, 0.4) is 0 Å². The van der Waals surface area contributed by atoms with Gasteiger partial charge in [-0.05, 0) is 43.5 Å². The number of hydrogen-bond acceptors (Lipinski definition) is 4. The van der Waals surface area contributed by atoms with Crippen molar-refractivity contribution in [1.82, 2.24) is 9.97 Å². The topological polar surface area (TPSA) is 49.8 Å². The van der Waals surface area contributed by atoms with E-state index in [2.05, 4.69) is 62.5 Å². The molecule has 0 atom stereocenters. The number of hydrogen-bond donors (Lipinski definition) is 2. The summed E-state index contributed by atoms with van der Waals surface area (Å²) in [4.78, 5) is 8.92. The molecular formula is C16H21BrN4. The molecule has 2 rings (SSSR count). The van der Waals surface area contributed by atoms with Gasteiger partial charge in [0.2, 0.25) is 5.95 Å². The molecule has 0 aliphatic rings. The number of aryl methyl sites for hydroxylation is 2. The van der Waals surface area contributed by atoms with Gasteiger partial charge in [-0.25, -0.2) is 4.98 Å². The van der Waals surface area contributed by atoms with Gasteiger partial charge >= 0.3 is 0 Å². The van der Waals surface area contributed by atoms with E-state index in [1.165, 1.54) is 5.56 Å². The molecule has 0 fully saturated rings. The van der Waals surface area contributed by atoms with Crippen molar-refractivity contribution < 1.29 is 0 Å². The molecule has 0 saturated heterocycles. The third-order valence-electron chi connectivity index (χ3n) is 3.10. The van der Waals surface area contributed by atoms with Crippen LogP contribution in [0.5, 0.6) is 0 Å². The quantitative estimate of drug-likeness (QED) is 0.795. The maximum absolute atomic E-state index is 4.52. The first-order valence-electron chi connectivity index (χ1n) is 7.27. The van der Waals surface area contributed by atoms with Gasteiger partial charge in [0.1, 0.15) is 5.82 Å². The van der Waals surface area contributed by atoms with Crippen LogP contribution in [0.1, 0.15) is 31.5 Å². The third-order valence-corrected chi connectivity index (χ3v) is 3.59. The molecule has 112 valence electrons. The Morgan fingerprint density at radius 3 is 2.67 bits per heavy atom. The van der Waals surface area contributed by atoms with Crippen molar-refractivity contribution in [2.45, 2.75) is 33.6 Å². The summed E-state index contributed by atoms with van der Waals surface area (Å²) in [6.45, 7) is 7.12. The SMILES string of the molecule is CCCNc1nc(C)cc(Nc2ccc(Br)cc2CC)n1. The molecule has 2 aromatic rings. The normalized spacial score (nSPS) is 10.5. The number of anilines is 3. The van der Waals surface area contributed by atoms with Crippen molar-refractivity contribution in [3.05, 3.63) is 40.0 Å². The lowest BCUT2D eigenvalue weighted by Crippen LogP contribution is -2.07. The Morgan fingerprint density at radius 1 is 1.14 bits per heavy atom. The monoisotopic (exact) mass is 348 g/mol. The van der Waals surface area contributed by atoms with Crippen LogP contribution in [0.2, 0.25) is 0 Å². The summed E-state index contributed by atoms with van der Waals surface area (Å²) < 4.78 is 1.09. The molecule has 0 saturated carbocycles. The fraction of sp³-hybridized carbons (Fsp3) is 0.375. The fourth-order valence-electron chi connectivity index (χ4n) is 2.06. The van der Waals surface area contributed by atoms with Gasteiger partial charge in [-0.15, -0.1) is 0 Å². The molecule has 1 heterocycles. The van der Waals surface area contributed by atoms with E-state index in [1.54, 1.807) is 0 Å². The van der Waals surface area contributed by atoms with Crippen molar-refractivity contribution in [3.63, 3.8) is 0 Å². The van der Waals surface area contributed by atoms with Gasteiger partial charge in [0, 0.05) is 28.5 Å². The molecule has 1 aromatic carbocycles. The number of aromatic nitrogens is 2. The average Bonchev–Trinajstić information content (AvgIpc) is 2.46. The van der Waals surface area contributed by atoms with Gasteiger partial charge in [-0.2, -0.15) is 4.98 Å². The van der Waals surface area contributed by atoms with Crippen molar-refractivity contribution >= 4 is 33.4 Å². The van der Waals surface area contributed by atoms with Gasteiger partial charge in [0.25, 0.3) is 0 Å². The maximum Gasteiger partial charge on any atom is 0.224 e. The van der Waals surface area contributed by atoms with E-state index in [4.69, 9.17) is 0 Å². The van der Waals surface area contributed by atoms with Gasteiger partial charge in [-0.3, -0.25) is 0 Å². The minimum Gasteiger partial charge on any atom is -0.354 e. The molecule has 0 aliphatic carbocycles. The third kappa shape index (κ3) is 4.43. The Morgan fingerprint density at radius 2 is 1.95 bits per heavy atom. The molecular weight excluding hydrogens is 328 g/mol. The Balaban J connectivity index is 2.24. The highest BCUT2D eigenvalue weighted by atomic mass is 79.9. The van der Waals surface area contributed by atoms with Crippen molar-refractivity contribution in [2.24, 2.45) is 0 Å². The summed E-state index contributed by atoms with van der Waals surface area (Å²) >= 11 is 3.51. The zero-order chi connectivity index (χ0) is 15.2. The van der Waals surface area contributed by atoms with E-state index < -0.39 is 0 Å². The minimum absolute atomic E-state index is 0.675. The lowest BCUT2D eigenvalue weighted by Gasteiger charge is -2.12. The summed E-state index contributed by atoms with van der Waals surface area (Å²) in [7, 11) is 0. The van der Waals surface area contributed by atoms with Gasteiger partial charge in [-0.1, -0.05) is 29.8 Å². The van der Waals surface area contributed by atoms with Crippen LogP contribution in [-0.4, -0.2) is 16.5 Å². The Hall–Kier alpha value is -1.62. The molecule has 21 heavy (non-hydrogen) atoms. The molecule has 0 unspecified atom stereocenters. The molecule has 0 aliphatic heterocycles. The average molecular weight is 349 g/mol. The van der Waals surface area contributed by atoms with Gasteiger partial charge in [0.15, 0.2) is 0 Å². The maximum atomic E-state index is 4.52. The number of rotatable bonds is 6. The summed E-state index contributed by atoms with van der Waals surface area (Å²) in [6.07, 6.45) is 2.01. The highest BCUT2D eigenvalue weighted by Crippen LogP contribution is 2.24. The summed E-state index contributed by atoms with van der Waals surface area (Å²) in [6, 6.07) is 8.19. The first-order valence-corrected chi connectivity index (χ1v) is 8.06. The highest BCUT2D eigenvalue weighted by molar-refractivity contribution is 9.10. The van der Waals surface area contributed by atoms with E-state index in [0.717, 1.165) is 41.1 Å². The molecule has 2 N–H and O–H groups in total. The number of halogens is 1. The summed E-state index contributed by atoms with van der Waals surface area (Å²) in [5.74, 6) is 1.49. The van der Waals surface area contributed by atoms with Crippen LogP contribution in [0, 0.1) is 6.92 Å². The van der Waals surface area contributed by atoms with Crippen LogP contribution in [-0.2, 0) is 6.42 Å². The van der Waals surface area contributed by atoms with Crippen LogP contribution in [0.25, 0.3) is 0 Å². The highest BCUT2D eigenvalue weighted by Gasteiger charge is 2.06. The molecule has 5 heteroatoms. The second-order valence-corrected chi connectivity index (χ2v) is 5.84. The van der Waals surface area contributed by atoms with Crippen LogP contribution in [0.15, 0.2) is 28.7 Å². The van der Waals surface area contributed by atoms with Gasteiger partial charge < -0.3 is 10.6 Å². The smallest absolute Gasteiger partial charge is 0.224 e. The summed E-state index contributed by atoms with van der Waals surface area (Å²) in [5, 5.41) is 6.63. The number of benzene rings is 1. The fourth-order valence-corrected chi connectivity index (χ4v) is 2.47. The van der Waals surface area contributed by atoms with Gasteiger partial charge in [0.05, 0.1) is 0 Å². The summed E-state index contributed by atoms with van der Waals surface area (Å²) in [5.41, 5.74) is 3.28. The lowest BCUT2D eigenvalue weighted by molar-refractivity contribution is 0.947. The molecule has 0 radical (unpaired) electrons. The molecule has 0 spiro atoms. The van der Waals surface area contributed by atoms with Crippen LogP contribution < -0.4 is 10.6 Å². The Labute approximate surface area is 134 Å². The number of nitrogens with zero attached hydrogens (tertiary/aromatic N) is 2. The standard InChI is InChI=1S/C16H21BrN4/c1-4-8-18-16-19-11(3)9-15(21-16)20-14-7-6-13(17)10-12(14)5-2/h6-7,9-10H,4-5,8H2,1-3H3,(H2,18,19,20,21). The molecule has 1 aromatic heterocycles. The van der Waals surface area contributed by atoms with Crippen LogP contribution >= 0.6 is 15.9 Å². The van der Waals surface area contributed by atoms with E-state index in [0.29, 0.717) is 5.95 Å². The second kappa shape index (κ2) is 7.41. The Kier molecular flexibility index (Phi) is 5.56. The first-order chi connectivity index (χ1) is 10.1. The lowest BCUT2D eigenvalue weighted by atomic mass is 10.1. The molecule has 0 bridgehead atoms. The minimum atomic E-state index is 0.675. The van der Waals surface area contributed by atoms with E-state index in [-0.39, 0.29) is 0 Å². The largest absolute Gasteiger partial charge is 0.354 e. The molecule has 4 nitrogen and oxygen atoms in total. The van der Waals surface area contributed by atoms with Crippen LogP contribution in [0.4, 0.5) is 17.5 Å². The zero-order valence-corrected chi connectivity index (χ0v) is 14.3. The zero-order valence-electron chi connectivity index (χ0n) is 12.7. The predicted octanol–water partition coefficient (Wildman–Crippen LogP) is 4.68. The first kappa shape index (κ1) is 15.8. The van der Waals surface area contributed by atoms with E-state index in [1.807, 2.05) is 19.1 Å². The van der Waals surface area contributed by atoms with Crippen molar-refractivity contribution in [1.29, 1.82) is 0 Å². The van der Waals surface area contributed by atoms with E-state index in [9.17, 15) is 0 Å². The second-order valence-electron chi connectivity index (χ2n) is 4.92. The molecule has 0 amide bonds. The van der Waals surface area contributed by atoms with Crippen molar-refractivity contribution in [3.8, 4) is 0 Å². The van der Waals surface area contributed by atoms with E-state index >= 15 is 0 Å². The van der Waals surface area contributed by atoms with Crippen molar-refractivity contribution in [2.75, 3.05) is 17.2 Å². The number of nitrogens with one attached hydrogen (secondary N) is 2.